The van der Waals surface area contributed by atoms with Gasteiger partial charge in [-0.3, -0.25) is 0 Å². The number of phenolic OH excluding ortho intramolecular Hbond substituents is 1. The van der Waals surface area contributed by atoms with Crippen molar-refractivity contribution >= 4 is 18.4 Å². The maximum absolute atomic E-state index is 12.4. The molecule has 0 fully saturated rings. The van der Waals surface area contributed by atoms with Crippen molar-refractivity contribution < 1.29 is 18.7 Å². The third-order valence-corrected chi connectivity index (χ3v) is 5.89. The fraction of sp³-hybridized carbons (Fsp3) is 0.200. The Labute approximate surface area is 147 Å². The molecule has 0 aliphatic rings. The van der Waals surface area contributed by atoms with E-state index in [-0.39, 0.29) is 17.7 Å². The summed E-state index contributed by atoms with van der Waals surface area (Å²) >= 11 is 0. The zero-order valence-corrected chi connectivity index (χ0v) is 15.2. The summed E-state index contributed by atoms with van der Waals surface area (Å²) in [6.45, 7) is 3.78. The van der Waals surface area contributed by atoms with E-state index in [1.807, 2.05) is 30.3 Å². The minimum absolute atomic E-state index is 0.0564. The highest BCUT2D eigenvalue weighted by Gasteiger charge is 2.24. The molecule has 5 heteroatoms. The minimum Gasteiger partial charge on any atom is -0.504 e. The highest BCUT2D eigenvalue weighted by atomic mass is 31.2. The van der Waals surface area contributed by atoms with Crippen LogP contribution >= 0.6 is 7.60 Å². The fourth-order valence-electron chi connectivity index (χ4n) is 2.67. The molecular weight excluding hydrogens is 335 g/mol. The number of rotatable bonds is 6. The molecule has 0 saturated heterocycles. The lowest BCUT2D eigenvalue weighted by molar-refractivity contribution is 0.277. The van der Waals surface area contributed by atoms with Crippen LogP contribution in [0.2, 0.25) is 0 Å². The lowest BCUT2D eigenvalue weighted by Crippen LogP contribution is -2.00. The maximum Gasteiger partial charge on any atom is 0.379 e. The normalized spacial score (nSPS) is 13.5. The molecule has 1 atom stereocenters. The molecule has 25 heavy (non-hydrogen) atoms. The summed E-state index contributed by atoms with van der Waals surface area (Å²) in [6.07, 6.45) is 0.243. The molecule has 3 aromatic rings. The third-order valence-electron chi connectivity index (χ3n) is 3.99. The first-order valence-corrected chi connectivity index (χ1v) is 10.0. The Bertz CT molecular complexity index is 936. The number of hydrogen-bond acceptors (Lipinski definition) is 4. The molecule has 3 aromatic carbocycles. The molecule has 0 radical (unpaired) electrons. The Morgan fingerprint density at radius 2 is 1.60 bits per heavy atom. The summed E-state index contributed by atoms with van der Waals surface area (Å²) in [6, 6.07) is 19.3. The highest BCUT2D eigenvalue weighted by Crippen LogP contribution is 2.50. The van der Waals surface area contributed by atoms with Gasteiger partial charge in [-0.1, -0.05) is 49.4 Å². The van der Waals surface area contributed by atoms with Gasteiger partial charge in [0.05, 0.1) is 12.8 Å². The fourth-order valence-corrected chi connectivity index (χ4v) is 3.88. The number of aromatic hydroxyl groups is 1. The molecular formula is C20H21O4P. The van der Waals surface area contributed by atoms with Crippen LogP contribution < -0.4 is 4.52 Å². The monoisotopic (exact) mass is 356 g/mol. The Balaban J connectivity index is 1.91. The highest BCUT2D eigenvalue weighted by molar-refractivity contribution is 7.54. The van der Waals surface area contributed by atoms with E-state index in [2.05, 4.69) is 18.2 Å². The van der Waals surface area contributed by atoms with Crippen molar-refractivity contribution in [1.29, 1.82) is 0 Å². The van der Waals surface area contributed by atoms with Gasteiger partial charge in [0.25, 0.3) is 0 Å². The molecule has 0 aliphatic heterocycles. The molecule has 0 spiro atoms. The molecule has 3 rings (SSSR count). The number of hydrogen-bond donors (Lipinski definition) is 1. The smallest absolute Gasteiger partial charge is 0.379 e. The van der Waals surface area contributed by atoms with Crippen molar-refractivity contribution in [2.45, 2.75) is 13.8 Å². The Hall–Kier alpha value is -2.29. The summed E-state index contributed by atoms with van der Waals surface area (Å²) in [5, 5.41) is 12.6. The van der Waals surface area contributed by atoms with Crippen molar-refractivity contribution in [3.63, 3.8) is 0 Å². The summed E-state index contributed by atoms with van der Waals surface area (Å²) in [5.74, 6) is 0.113. The molecule has 0 aliphatic carbocycles. The van der Waals surface area contributed by atoms with E-state index in [4.69, 9.17) is 9.05 Å². The Morgan fingerprint density at radius 1 is 0.920 bits per heavy atom. The second-order valence-electron chi connectivity index (χ2n) is 5.68. The van der Waals surface area contributed by atoms with Crippen LogP contribution in [0.25, 0.3) is 21.9 Å². The van der Waals surface area contributed by atoms with Gasteiger partial charge in [0.15, 0.2) is 11.5 Å². The van der Waals surface area contributed by atoms with Gasteiger partial charge in [-0.2, -0.15) is 0 Å². The molecule has 0 saturated carbocycles. The largest absolute Gasteiger partial charge is 0.504 e. The van der Waals surface area contributed by atoms with E-state index in [1.54, 1.807) is 26.0 Å². The SMILES string of the molecule is CCOP(=O)(CC)Oc1ccc(-c2ccc3ccccc3c2)cc1O. The molecule has 4 nitrogen and oxygen atoms in total. The van der Waals surface area contributed by atoms with Gasteiger partial charge < -0.3 is 14.2 Å². The topological polar surface area (TPSA) is 55.8 Å². The van der Waals surface area contributed by atoms with Gasteiger partial charge in [-0.05, 0) is 47.0 Å². The zero-order valence-electron chi connectivity index (χ0n) is 14.3. The van der Waals surface area contributed by atoms with E-state index in [0.29, 0.717) is 6.61 Å². The van der Waals surface area contributed by atoms with E-state index < -0.39 is 7.60 Å². The number of benzene rings is 3. The van der Waals surface area contributed by atoms with Crippen LogP contribution in [0.4, 0.5) is 0 Å². The van der Waals surface area contributed by atoms with Crippen LogP contribution in [-0.2, 0) is 9.09 Å². The van der Waals surface area contributed by atoms with Crippen LogP contribution in [-0.4, -0.2) is 17.9 Å². The van der Waals surface area contributed by atoms with Crippen molar-refractivity contribution in [1.82, 2.24) is 0 Å². The zero-order chi connectivity index (χ0) is 17.9. The van der Waals surface area contributed by atoms with Crippen LogP contribution in [0.1, 0.15) is 13.8 Å². The van der Waals surface area contributed by atoms with Crippen molar-refractivity contribution in [3.05, 3.63) is 60.7 Å². The lowest BCUT2D eigenvalue weighted by Gasteiger charge is -2.18. The predicted molar refractivity (Wildman–Crippen MR) is 101 cm³/mol. The average molecular weight is 356 g/mol. The second kappa shape index (κ2) is 7.30. The van der Waals surface area contributed by atoms with E-state index in [1.165, 1.54) is 0 Å². The summed E-state index contributed by atoms with van der Waals surface area (Å²) in [4.78, 5) is 0. The van der Waals surface area contributed by atoms with E-state index in [0.717, 1.165) is 21.9 Å². The molecule has 0 aromatic heterocycles. The molecule has 1 N–H and O–H groups in total. The van der Waals surface area contributed by atoms with Crippen LogP contribution in [0.3, 0.4) is 0 Å². The molecule has 0 heterocycles. The van der Waals surface area contributed by atoms with Crippen molar-refractivity contribution in [2.24, 2.45) is 0 Å². The van der Waals surface area contributed by atoms with Crippen LogP contribution in [0.15, 0.2) is 60.7 Å². The summed E-state index contributed by atoms with van der Waals surface area (Å²) in [5.41, 5.74) is 1.85. The molecule has 130 valence electrons. The van der Waals surface area contributed by atoms with Gasteiger partial charge >= 0.3 is 7.60 Å². The lowest BCUT2D eigenvalue weighted by atomic mass is 10.0. The van der Waals surface area contributed by atoms with Gasteiger partial charge in [-0.25, -0.2) is 4.57 Å². The average Bonchev–Trinajstić information content (AvgIpc) is 2.63. The van der Waals surface area contributed by atoms with Crippen molar-refractivity contribution in [2.75, 3.05) is 12.8 Å². The van der Waals surface area contributed by atoms with Gasteiger partial charge in [0.2, 0.25) is 0 Å². The predicted octanol–water partition coefficient (Wildman–Crippen LogP) is 5.84. The Morgan fingerprint density at radius 3 is 2.28 bits per heavy atom. The van der Waals surface area contributed by atoms with Crippen molar-refractivity contribution in [3.8, 4) is 22.6 Å². The third kappa shape index (κ3) is 3.87. The standard InChI is InChI=1S/C20H21O4P/c1-3-23-25(22,4-2)24-20-12-11-18(14-19(20)21)17-10-9-15-7-5-6-8-16(15)13-17/h5-14,21H,3-4H2,1-2H3. The first-order chi connectivity index (χ1) is 12.0. The minimum atomic E-state index is -3.23. The first kappa shape index (κ1) is 17.5. The molecule has 0 bridgehead atoms. The summed E-state index contributed by atoms with van der Waals surface area (Å²) < 4.78 is 23.1. The number of fused-ring (bicyclic) bond motifs is 1. The van der Waals surface area contributed by atoms with Gasteiger partial charge in [0, 0.05) is 0 Å². The van der Waals surface area contributed by atoms with Gasteiger partial charge in [0.1, 0.15) is 0 Å². The number of phenols is 1. The van der Waals surface area contributed by atoms with Crippen LogP contribution in [0.5, 0.6) is 11.5 Å². The van der Waals surface area contributed by atoms with Crippen LogP contribution in [0, 0.1) is 0 Å². The first-order valence-electron chi connectivity index (χ1n) is 8.30. The Kier molecular flexibility index (Phi) is 5.12. The van der Waals surface area contributed by atoms with E-state index >= 15 is 0 Å². The van der Waals surface area contributed by atoms with Gasteiger partial charge in [-0.15, -0.1) is 0 Å². The quantitative estimate of drug-likeness (QED) is 0.564. The molecule has 0 amide bonds. The molecule has 1 unspecified atom stereocenters. The van der Waals surface area contributed by atoms with E-state index in [9.17, 15) is 9.67 Å². The maximum atomic E-state index is 12.4. The summed E-state index contributed by atoms with van der Waals surface area (Å²) in [7, 11) is -3.23. The second-order valence-corrected chi connectivity index (χ2v) is 7.98.